The van der Waals surface area contributed by atoms with Crippen LogP contribution in [0.2, 0.25) is 0 Å². The van der Waals surface area contributed by atoms with Crippen molar-refractivity contribution in [3.05, 3.63) is 36.0 Å². The zero-order valence-corrected chi connectivity index (χ0v) is 10.2. The number of oxazole rings is 1. The minimum absolute atomic E-state index is 0.0444. The van der Waals surface area contributed by atoms with Gasteiger partial charge in [0.1, 0.15) is 6.26 Å². The van der Waals surface area contributed by atoms with Crippen molar-refractivity contribution in [2.75, 3.05) is 16.0 Å². The first-order chi connectivity index (χ1) is 9.22. The van der Waals surface area contributed by atoms with E-state index in [-0.39, 0.29) is 18.0 Å². The lowest BCUT2D eigenvalue weighted by molar-refractivity contribution is -0.116. The van der Waals surface area contributed by atoms with E-state index in [1.54, 1.807) is 12.5 Å². The topological polar surface area (TPSA) is 79.2 Å². The van der Waals surface area contributed by atoms with Crippen molar-refractivity contribution >= 4 is 23.0 Å². The molecule has 2 unspecified atom stereocenters. The molecule has 6 nitrogen and oxygen atoms in total. The molecule has 2 aliphatic rings. The summed E-state index contributed by atoms with van der Waals surface area (Å²) in [5, 5.41) is 9.45. The number of hydrogen-bond acceptors (Lipinski definition) is 5. The molecule has 0 spiro atoms. The van der Waals surface area contributed by atoms with Gasteiger partial charge in [-0.1, -0.05) is 0 Å². The van der Waals surface area contributed by atoms with Crippen LogP contribution in [0.3, 0.4) is 0 Å². The Morgan fingerprint density at radius 2 is 2.00 bits per heavy atom. The molecule has 0 bridgehead atoms. The molecule has 3 heterocycles. The van der Waals surface area contributed by atoms with Crippen LogP contribution in [0.1, 0.15) is 30.5 Å². The molecule has 0 saturated heterocycles. The van der Waals surface area contributed by atoms with E-state index in [1.165, 1.54) is 0 Å². The van der Waals surface area contributed by atoms with Crippen LogP contribution in [0.5, 0.6) is 0 Å². The number of carbonyl (C=O) groups is 1. The number of hydrogen-bond donors (Lipinski definition) is 3. The highest BCUT2D eigenvalue weighted by molar-refractivity contribution is 6.04. The van der Waals surface area contributed by atoms with E-state index in [0.717, 1.165) is 22.6 Å². The number of fused-ring (bicyclic) bond motifs is 2. The molecule has 0 fully saturated rings. The molecule has 1 amide bonds. The van der Waals surface area contributed by atoms with Crippen LogP contribution >= 0.6 is 0 Å². The monoisotopic (exact) mass is 256 g/mol. The molecular weight excluding hydrogens is 244 g/mol. The van der Waals surface area contributed by atoms with Crippen LogP contribution in [0.15, 0.2) is 29.0 Å². The minimum Gasteiger partial charge on any atom is -0.445 e. The van der Waals surface area contributed by atoms with Gasteiger partial charge in [-0.3, -0.25) is 4.79 Å². The summed E-state index contributed by atoms with van der Waals surface area (Å²) >= 11 is 0. The zero-order chi connectivity index (χ0) is 13.0. The molecule has 2 aromatic rings. The molecule has 1 aromatic carbocycles. The summed E-state index contributed by atoms with van der Waals surface area (Å²) in [6.07, 6.45) is 2.99. The Balaban J connectivity index is 1.71. The predicted molar refractivity (Wildman–Crippen MR) is 70.0 cm³/mol. The van der Waals surface area contributed by atoms with Gasteiger partial charge in [0.2, 0.25) is 11.8 Å². The molecule has 3 N–H and O–H groups in total. The van der Waals surface area contributed by atoms with Crippen molar-refractivity contribution in [2.45, 2.75) is 19.0 Å². The maximum absolute atomic E-state index is 11.6. The summed E-state index contributed by atoms with van der Waals surface area (Å²) in [4.78, 5) is 15.8. The molecular formula is C13H12N4O2. The lowest BCUT2D eigenvalue weighted by Crippen LogP contribution is -2.12. The first-order valence-electron chi connectivity index (χ1n) is 6.13. The second kappa shape index (κ2) is 3.50. The quantitative estimate of drug-likeness (QED) is 0.729. The van der Waals surface area contributed by atoms with E-state index in [4.69, 9.17) is 4.42 Å². The van der Waals surface area contributed by atoms with Gasteiger partial charge in [0.05, 0.1) is 23.5 Å². The van der Waals surface area contributed by atoms with Crippen LogP contribution in [0.4, 0.5) is 17.1 Å². The summed E-state index contributed by atoms with van der Waals surface area (Å²) in [5.41, 5.74) is 3.80. The van der Waals surface area contributed by atoms with Crippen molar-refractivity contribution in [1.82, 2.24) is 4.98 Å². The summed E-state index contributed by atoms with van der Waals surface area (Å²) < 4.78 is 5.28. The number of nitrogens with one attached hydrogen (secondary N) is 3. The van der Waals surface area contributed by atoms with E-state index >= 15 is 0 Å². The maximum atomic E-state index is 11.6. The third-order valence-corrected chi connectivity index (χ3v) is 3.61. The van der Waals surface area contributed by atoms with Crippen LogP contribution < -0.4 is 16.0 Å². The fourth-order valence-electron chi connectivity index (χ4n) is 2.55. The highest BCUT2D eigenvalue weighted by atomic mass is 16.3. The van der Waals surface area contributed by atoms with Crippen molar-refractivity contribution < 1.29 is 9.21 Å². The van der Waals surface area contributed by atoms with E-state index in [9.17, 15) is 4.79 Å². The SMILES string of the molecule is CC1C(=O)Nc2cc3c(cc21)NC(c1ncco1)N3. The fourth-order valence-corrected chi connectivity index (χ4v) is 2.55. The zero-order valence-electron chi connectivity index (χ0n) is 10.2. The molecule has 96 valence electrons. The molecule has 0 aliphatic carbocycles. The Kier molecular flexibility index (Phi) is 1.92. The normalized spacial score (nSPS) is 23.3. The molecule has 0 radical (unpaired) electrons. The van der Waals surface area contributed by atoms with Gasteiger partial charge in [-0.05, 0) is 24.6 Å². The van der Waals surface area contributed by atoms with Crippen LogP contribution in [0.25, 0.3) is 0 Å². The van der Waals surface area contributed by atoms with E-state index in [0.29, 0.717) is 5.89 Å². The molecule has 0 saturated carbocycles. The molecule has 1 aromatic heterocycles. The highest BCUT2D eigenvalue weighted by Gasteiger charge is 2.31. The van der Waals surface area contributed by atoms with Gasteiger partial charge in [0, 0.05) is 5.69 Å². The van der Waals surface area contributed by atoms with Gasteiger partial charge in [-0.25, -0.2) is 4.98 Å². The minimum atomic E-state index is -0.168. The second-order valence-electron chi connectivity index (χ2n) is 4.79. The average molecular weight is 256 g/mol. The van der Waals surface area contributed by atoms with E-state index in [2.05, 4.69) is 20.9 Å². The maximum Gasteiger partial charge on any atom is 0.237 e. The number of anilines is 3. The first-order valence-corrected chi connectivity index (χ1v) is 6.13. The average Bonchev–Trinajstić information content (AvgIpc) is 3.08. The van der Waals surface area contributed by atoms with E-state index < -0.39 is 0 Å². The lowest BCUT2D eigenvalue weighted by atomic mass is 10.0. The van der Waals surface area contributed by atoms with Crippen LogP contribution in [0, 0.1) is 0 Å². The van der Waals surface area contributed by atoms with Crippen LogP contribution in [-0.2, 0) is 4.79 Å². The number of benzene rings is 1. The smallest absolute Gasteiger partial charge is 0.237 e. The second-order valence-corrected chi connectivity index (χ2v) is 4.79. The predicted octanol–water partition coefficient (Wildman–Crippen LogP) is 2.27. The number of aromatic nitrogens is 1. The van der Waals surface area contributed by atoms with Gasteiger partial charge < -0.3 is 20.4 Å². The highest BCUT2D eigenvalue weighted by Crippen LogP contribution is 2.43. The Morgan fingerprint density at radius 3 is 2.74 bits per heavy atom. The third-order valence-electron chi connectivity index (χ3n) is 3.61. The standard InChI is InChI=1S/C13H12N4O2/c1-6-7-4-9-10(5-8(7)17-12(6)18)16-11(15-9)13-14-2-3-19-13/h2-6,11,15-16H,1H3,(H,17,18). The molecule has 2 atom stereocenters. The van der Waals surface area contributed by atoms with Crippen molar-refractivity contribution in [1.29, 1.82) is 0 Å². The molecule has 2 aliphatic heterocycles. The Labute approximate surface area is 109 Å². The summed E-state index contributed by atoms with van der Waals surface area (Å²) in [6, 6.07) is 3.95. The molecule has 19 heavy (non-hydrogen) atoms. The van der Waals surface area contributed by atoms with Crippen molar-refractivity contribution in [3.8, 4) is 0 Å². The summed E-state index contributed by atoms with van der Waals surface area (Å²) in [6.45, 7) is 1.90. The van der Waals surface area contributed by atoms with Crippen molar-refractivity contribution in [3.63, 3.8) is 0 Å². The number of nitrogens with zero attached hydrogens (tertiary/aromatic N) is 1. The Bertz CT molecular complexity index is 666. The number of rotatable bonds is 1. The molecule has 4 rings (SSSR count). The number of carbonyl (C=O) groups excluding carboxylic acids is 1. The largest absolute Gasteiger partial charge is 0.445 e. The third kappa shape index (κ3) is 1.43. The summed E-state index contributed by atoms with van der Waals surface area (Å²) in [5.74, 6) is 0.527. The van der Waals surface area contributed by atoms with Crippen LogP contribution in [-0.4, -0.2) is 10.9 Å². The number of amides is 1. The summed E-state index contributed by atoms with van der Waals surface area (Å²) in [7, 11) is 0. The van der Waals surface area contributed by atoms with Gasteiger partial charge in [-0.2, -0.15) is 0 Å². The lowest BCUT2D eigenvalue weighted by Gasteiger charge is -2.06. The Morgan fingerprint density at radius 1 is 1.21 bits per heavy atom. The van der Waals surface area contributed by atoms with Gasteiger partial charge >= 0.3 is 0 Å². The molecule has 6 heteroatoms. The van der Waals surface area contributed by atoms with Crippen molar-refractivity contribution in [2.24, 2.45) is 0 Å². The fraction of sp³-hybridized carbons (Fsp3) is 0.231. The Hall–Kier alpha value is -2.50. The van der Waals surface area contributed by atoms with Gasteiger partial charge in [0.15, 0.2) is 6.17 Å². The van der Waals surface area contributed by atoms with E-state index in [1.807, 2.05) is 19.1 Å². The van der Waals surface area contributed by atoms with Gasteiger partial charge in [-0.15, -0.1) is 0 Å². The van der Waals surface area contributed by atoms with Gasteiger partial charge in [0.25, 0.3) is 0 Å². The first kappa shape index (κ1) is 10.4.